The molecule has 0 bridgehead atoms. The van der Waals surface area contributed by atoms with E-state index in [0.29, 0.717) is 24.9 Å². The summed E-state index contributed by atoms with van der Waals surface area (Å²) in [7, 11) is 1.65. The van der Waals surface area contributed by atoms with E-state index in [1.165, 1.54) is 0 Å². The monoisotopic (exact) mass is 251 g/mol. The number of rotatable bonds is 6. The lowest BCUT2D eigenvalue weighted by Gasteiger charge is -2.14. The van der Waals surface area contributed by atoms with E-state index in [4.69, 9.17) is 13.6 Å². The Morgan fingerprint density at radius 3 is 2.67 bits per heavy atom. The molecule has 0 unspecified atom stereocenters. The van der Waals surface area contributed by atoms with E-state index in [2.05, 4.69) is 15.5 Å². The molecule has 0 aromatic carbocycles. The Kier molecular flexibility index (Phi) is 4.11. The Morgan fingerprint density at radius 2 is 2.11 bits per heavy atom. The van der Waals surface area contributed by atoms with Crippen LogP contribution in [0.3, 0.4) is 0 Å². The number of methoxy groups -OCH3 is 1. The third-order valence-electron chi connectivity index (χ3n) is 2.51. The van der Waals surface area contributed by atoms with Gasteiger partial charge in [-0.1, -0.05) is 0 Å². The van der Waals surface area contributed by atoms with Crippen LogP contribution in [-0.2, 0) is 11.3 Å². The van der Waals surface area contributed by atoms with E-state index in [0.717, 1.165) is 11.5 Å². The number of furan rings is 1. The van der Waals surface area contributed by atoms with Crippen molar-refractivity contribution in [1.82, 2.24) is 15.5 Å². The van der Waals surface area contributed by atoms with Crippen LogP contribution in [0.1, 0.15) is 29.3 Å². The lowest BCUT2D eigenvalue weighted by molar-refractivity contribution is 0.154. The topological polar surface area (TPSA) is 73.3 Å². The highest BCUT2D eigenvalue weighted by molar-refractivity contribution is 5.09. The predicted molar refractivity (Wildman–Crippen MR) is 63.9 cm³/mol. The maximum Gasteiger partial charge on any atom is 0.230 e. The van der Waals surface area contributed by atoms with Crippen LogP contribution in [0.15, 0.2) is 21.0 Å². The third kappa shape index (κ3) is 3.18. The summed E-state index contributed by atoms with van der Waals surface area (Å²) in [5, 5.41) is 11.0. The zero-order valence-corrected chi connectivity index (χ0v) is 10.8. The minimum Gasteiger partial charge on any atom is -0.465 e. The Bertz CT molecular complexity index is 492. The van der Waals surface area contributed by atoms with Gasteiger partial charge in [0.1, 0.15) is 11.5 Å². The summed E-state index contributed by atoms with van der Waals surface area (Å²) in [4.78, 5) is 0. The number of hydrogen-bond acceptors (Lipinski definition) is 6. The second-order valence-electron chi connectivity index (χ2n) is 4.05. The number of aromatic nitrogens is 2. The molecule has 2 heterocycles. The minimum atomic E-state index is -0.0316. The number of aryl methyl sites for hydroxylation is 2. The number of nitrogens with one attached hydrogen (secondary N) is 1. The zero-order chi connectivity index (χ0) is 13.0. The summed E-state index contributed by atoms with van der Waals surface area (Å²) in [5.74, 6) is 2.83. The highest BCUT2D eigenvalue weighted by Crippen LogP contribution is 2.17. The maximum atomic E-state index is 5.58. The van der Waals surface area contributed by atoms with Crippen molar-refractivity contribution in [3.05, 3.63) is 35.4 Å². The smallest absolute Gasteiger partial charge is 0.230 e. The van der Waals surface area contributed by atoms with E-state index in [9.17, 15) is 0 Å². The fraction of sp³-hybridized carbons (Fsp3) is 0.500. The number of ether oxygens (including phenoxy) is 1. The van der Waals surface area contributed by atoms with Crippen LogP contribution in [0.25, 0.3) is 0 Å². The van der Waals surface area contributed by atoms with Crippen molar-refractivity contribution in [3.63, 3.8) is 0 Å². The van der Waals surface area contributed by atoms with Crippen molar-refractivity contribution in [3.8, 4) is 0 Å². The summed E-state index contributed by atoms with van der Waals surface area (Å²) in [5.41, 5.74) is 0. The van der Waals surface area contributed by atoms with Crippen LogP contribution in [0, 0.1) is 13.8 Å². The van der Waals surface area contributed by atoms with Crippen LogP contribution in [0.5, 0.6) is 0 Å². The normalized spacial score (nSPS) is 12.8. The lowest BCUT2D eigenvalue weighted by Crippen LogP contribution is -2.24. The average molecular weight is 251 g/mol. The van der Waals surface area contributed by atoms with Crippen LogP contribution in [-0.4, -0.2) is 23.9 Å². The van der Waals surface area contributed by atoms with Crippen molar-refractivity contribution >= 4 is 0 Å². The molecular formula is C12H17N3O3. The molecule has 0 spiro atoms. The van der Waals surface area contributed by atoms with E-state index in [1.807, 2.05) is 19.1 Å². The molecular weight excluding hydrogens is 234 g/mol. The summed E-state index contributed by atoms with van der Waals surface area (Å²) in [6, 6.07) is 3.83. The van der Waals surface area contributed by atoms with Gasteiger partial charge in [0.25, 0.3) is 0 Å². The molecule has 0 saturated carbocycles. The minimum absolute atomic E-state index is 0.0316. The molecule has 0 radical (unpaired) electrons. The average Bonchev–Trinajstić information content (AvgIpc) is 2.94. The lowest BCUT2D eigenvalue weighted by atomic mass is 10.2. The molecule has 18 heavy (non-hydrogen) atoms. The first kappa shape index (κ1) is 12.8. The van der Waals surface area contributed by atoms with E-state index in [1.54, 1.807) is 14.0 Å². The standard InChI is InChI=1S/C12H17N3O3/c1-8-4-5-11(17-8)10(7-16-3)13-6-12-15-14-9(2)18-12/h4-5,10,13H,6-7H2,1-3H3/t10-/m1/s1. The number of hydrogen-bond donors (Lipinski definition) is 1. The fourth-order valence-corrected chi connectivity index (χ4v) is 1.67. The molecule has 2 rings (SSSR count). The fourth-order valence-electron chi connectivity index (χ4n) is 1.67. The highest BCUT2D eigenvalue weighted by atomic mass is 16.5. The van der Waals surface area contributed by atoms with Gasteiger partial charge in [0, 0.05) is 14.0 Å². The van der Waals surface area contributed by atoms with E-state index >= 15 is 0 Å². The summed E-state index contributed by atoms with van der Waals surface area (Å²) < 4.78 is 16.1. The summed E-state index contributed by atoms with van der Waals surface area (Å²) in [6.45, 7) is 4.67. The van der Waals surface area contributed by atoms with Crippen molar-refractivity contribution in [2.75, 3.05) is 13.7 Å². The molecule has 0 aliphatic heterocycles. The van der Waals surface area contributed by atoms with Crippen LogP contribution in [0.2, 0.25) is 0 Å². The van der Waals surface area contributed by atoms with Gasteiger partial charge in [-0.05, 0) is 19.1 Å². The molecule has 6 heteroatoms. The third-order valence-corrected chi connectivity index (χ3v) is 2.51. The Hall–Kier alpha value is -1.66. The molecule has 6 nitrogen and oxygen atoms in total. The first-order chi connectivity index (χ1) is 8.69. The first-order valence-electron chi connectivity index (χ1n) is 5.76. The Balaban J connectivity index is 1.98. The molecule has 0 aliphatic rings. The van der Waals surface area contributed by atoms with E-state index < -0.39 is 0 Å². The summed E-state index contributed by atoms with van der Waals surface area (Å²) >= 11 is 0. The Morgan fingerprint density at radius 1 is 1.28 bits per heavy atom. The van der Waals surface area contributed by atoms with Crippen LogP contribution < -0.4 is 5.32 Å². The van der Waals surface area contributed by atoms with Crippen molar-refractivity contribution in [2.24, 2.45) is 0 Å². The summed E-state index contributed by atoms with van der Waals surface area (Å²) in [6.07, 6.45) is 0. The Labute approximate surface area is 105 Å². The van der Waals surface area contributed by atoms with Crippen LogP contribution in [0.4, 0.5) is 0 Å². The van der Waals surface area contributed by atoms with Gasteiger partial charge in [-0.3, -0.25) is 5.32 Å². The second-order valence-corrected chi connectivity index (χ2v) is 4.05. The molecule has 2 aromatic heterocycles. The zero-order valence-electron chi connectivity index (χ0n) is 10.8. The highest BCUT2D eigenvalue weighted by Gasteiger charge is 2.15. The molecule has 0 saturated heterocycles. The number of nitrogens with zero attached hydrogens (tertiary/aromatic N) is 2. The molecule has 0 aliphatic carbocycles. The van der Waals surface area contributed by atoms with Crippen molar-refractivity contribution in [1.29, 1.82) is 0 Å². The molecule has 1 N–H and O–H groups in total. The van der Waals surface area contributed by atoms with Gasteiger partial charge in [-0.15, -0.1) is 10.2 Å². The van der Waals surface area contributed by atoms with Gasteiger partial charge in [0.15, 0.2) is 0 Å². The van der Waals surface area contributed by atoms with Gasteiger partial charge >= 0.3 is 0 Å². The van der Waals surface area contributed by atoms with Crippen molar-refractivity contribution in [2.45, 2.75) is 26.4 Å². The van der Waals surface area contributed by atoms with Gasteiger partial charge in [-0.25, -0.2) is 0 Å². The van der Waals surface area contributed by atoms with Gasteiger partial charge < -0.3 is 13.6 Å². The molecule has 98 valence electrons. The largest absolute Gasteiger partial charge is 0.465 e. The molecule has 1 atom stereocenters. The first-order valence-corrected chi connectivity index (χ1v) is 5.76. The second kappa shape index (κ2) is 5.79. The SMILES string of the molecule is COC[C@@H](NCc1nnc(C)o1)c1ccc(C)o1. The predicted octanol–water partition coefficient (Wildman–Crippen LogP) is 1.76. The molecule has 0 amide bonds. The van der Waals surface area contributed by atoms with Gasteiger partial charge in [0.2, 0.25) is 11.8 Å². The van der Waals surface area contributed by atoms with Gasteiger partial charge in [-0.2, -0.15) is 0 Å². The quantitative estimate of drug-likeness (QED) is 0.843. The van der Waals surface area contributed by atoms with Crippen LogP contribution >= 0.6 is 0 Å². The molecule has 2 aromatic rings. The molecule has 0 fully saturated rings. The maximum absolute atomic E-state index is 5.58. The van der Waals surface area contributed by atoms with Gasteiger partial charge in [0.05, 0.1) is 19.2 Å². The van der Waals surface area contributed by atoms with Crippen molar-refractivity contribution < 1.29 is 13.6 Å². The van der Waals surface area contributed by atoms with E-state index in [-0.39, 0.29) is 6.04 Å².